The summed E-state index contributed by atoms with van der Waals surface area (Å²) in [7, 11) is 1.90. The molecule has 2 rings (SSSR count). The summed E-state index contributed by atoms with van der Waals surface area (Å²) in [5, 5.41) is 8.20. The van der Waals surface area contributed by atoms with Crippen molar-refractivity contribution in [3.8, 4) is 0 Å². The highest BCUT2D eigenvalue weighted by atomic mass is 35.5. The van der Waals surface area contributed by atoms with E-state index in [9.17, 15) is 0 Å². The number of hydrogen-bond donors (Lipinski definition) is 2. The Bertz CT molecular complexity index is 594. The van der Waals surface area contributed by atoms with Crippen molar-refractivity contribution in [3.05, 3.63) is 46.7 Å². The lowest BCUT2D eigenvalue weighted by Crippen LogP contribution is -2.10. The number of aromatic nitrogens is 2. The van der Waals surface area contributed by atoms with Gasteiger partial charge in [-0.1, -0.05) is 23.8 Å². The third-order valence-corrected chi connectivity index (χ3v) is 3.27. The molecule has 0 fully saturated rings. The van der Waals surface area contributed by atoms with Gasteiger partial charge in [0.1, 0.15) is 4.99 Å². The molecule has 0 aliphatic rings. The fourth-order valence-electron chi connectivity index (χ4n) is 1.73. The Balaban J connectivity index is 1.94. The molecule has 1 aromatic carbocycles. The van der Waals surface area contributed by atoms with Crippen molar-refractivity contribution in [2.75, 3.05) is 11.9 Å². The summed E-state index contributed by atoms with van der Waals surface area (Å²) in [4.78, 5) is 0.349. The SMILES string of the molecule is Cn1ccc(CCNc2ccc(C(N)=S)cc2Cl)n1. The van der Waals surface area contributed by atoms with Gasteiger partial charge in [-0.25, -0.2) is 0 Å². The lowest BCUT2D eigenvalue weighted by molar-refractivity contribution is 0.742. The maximum atomic E-state index is 6.16. The van der Waals surface area contributed by atoms with Crippen LogP contribution < -0.4 is 11.1 Å². The molecule has 4 nitrogen and oxygen atoms in total. The van der Waals surface area contributed by atoms with Crippen molar-refractivity contribution in [3.63, 3.8) is 0 Å². The van der Waals surface area contributed by atoms with E-state index in [4.69, 9.17) is 29.6 Å². The largest absolute Gasteiger partial charge is 0.389 e. The van der Waals surface area contributed by atoms with E-state index < -0.39 is 0 Å². The smallest absolute Gasteiger partial charge is 0.104 e. The molecule has 0 atom stereocenters. The number of nitrogens with one attached hydrogen (secondary N) is 1. The Hall–Kier alpha value is -1.59. The van der Waals surface area contributed by atoms with Crippen LogP contribution in [0.3, 0.4) is 0 Å². The zero-order valence-electron chi connectivity index (χ0n) is 10.6. The predicted octanol–water partition coefficient (Wildman–Crippen LogP) is 2.36. The molecule has 0 bridgehead atoms. The Morgan fingerprint density at radius 1 is 1.47 bits per heavy atom. The molecule has 0 aliphatic carbocycles. The van der Waals surface area contributed by atoms with Crippen LogP contribution in [0.2, 0.25) is 5.02 Å². The second kappa shape index (κ2) is 6.04. The third kappa shape index (κ3) is 3.68. The minimum Gasteiger partial charge on any atom is -0.389 e. The van der Waals surface area contributed by atoms with Crippen molar-refractivity contribution >= 4 is 34.5 Å². The second-order valence-corrected chi connectivity index (χ2v) is 5.06. The van der Waals surface area contributed by atoms with Crippen LogP contribution in [0.25, 0.3) is 0 Å². The summed E-state index contributed by atoms with van der Waals surface area (Å²) in [6, 6.07) is 7.51. The molecule has 0 aliphatic heterocycles. The monoisotopic (exact) mass is 294 g/mol. The number of nitrogens with two attached hydrogens (primary N) is 1. The van der Waals surface area contributed by atoms with Crippen LogP contribution in [-0.4, -0.2) is 21.3 Å². The fraction of sp³-hybridized carbons (Fsp3) is 0.231. The standard InChI is InChI=1S/C13H15ClN4S/c1-18-7-5-10(17-18)4-6-16-12-3-2-9(13(15)19)8-11(12)14/h2-3,5,7-8,16H,4,6H2,1H3,(H2,15,19). The van der Waals surface area contributed by atoms with Gasteiger partial charge in [-0.2, -0.15) is 5.10 Å². The molecule has 0 radical (unpaired) electrons. The van der Waals surface area contributed by atoms with Crippen LogP contribution >= 0.6 is 23.8 Å². The molecule has 6 heteroatoms. The fourth-order valence-corrected chi connectivity index (χ4v) is 2.11. The zero-order chi connectivity index (χ0) is 13.8. The lowest BCUT2D eigenvalue weighted by Gasteiger charge is -2.09. The second-order valence-electron chi connectivity index (χ2n) is 4.22. The van der Waals surface area contributed by atoms with Gasteiger partial charge in [-0.05, 0) is 24.3 Å². The summed E-state index contributed by atoms with van der Waals surface area (Å²) in [6.07, 6.45) is 2.77. The van der Waals surface area contributed by atoms with E-state index in [0.29, 0.717) is 10.0 Å². The Labute approximate surface area is 122 Å². The number of rotatable bonds is 5. The van der Waals surface area contributed by atoms with Crippen molar-refractivity contribution in [1.29, 1.82) is 0 Å². The van der Waals surface area contributed by atoms with Crippen LogP contribution in [0, 0.1) is 0 Å². The van der Waals surface area contributed by atoms with Gasteiger partial charge in [-0.3, -0.25) is 4.68 Å². The normalized spacial score (nSPS) is 10.4. The topological polar surface area (TPSA) is 55.9 Å². The van der Waals surface area contributed by atoms with E-state index in [1.54, 1.807) is 10.7 Å². The summed E-state index contributed by atoms with van der Waals surface area (Å²) < 4.78 is 1.79. The number of hydrogen-bond acceptors (Lipinski definition) is 3. The van der Waals surface area contributed by atoms with E-state index in [1.807, 2.05) is 31.4 Å². The number of halogens is 1. The summed E-state index contributed by atoms with van der Waals surface area (Å²) in [5.41, 5.74) is 8.25. The lowest BCUT2D eigenvalue weighted by atomic mass is 10.2. The number of thiocarbonyl (C=S) groups is 1. The average molecular weight is 295 g/mol. The van der Waals surface area contributed by atoms with Gasteiger partial charge >= 0.3 is 0 Å². The Morgan fingerprint density at radius 2 is 2.26 bits per heavy atom. The number of aryl methyl sites for hydroxylation is 1. The minimum absolute atomic E-state index is 0.349. The van der Waals surface area contributed by atoms with E-state index in [-0.39, 0.29) is 0 Å². The van der Waals surface area contributed by atoms with Gasteiger partial charge in [0.25, 0.3) is 0 Å². The summed E-state index contributed by atoms with van der Waals surface area (Å²) >= 11 is 11.1. The molecule has 19 heavy (non-hydrogen) atoms. The highest BCUT2D eigenvalue weighted by Crippen LogP contribution is 2.22. The van der Waals surface area contributed by atoms with E-state index in [0.717, 1.165) is 29.9 Å². The molecule has 0 spiro atoms. The third-order valence-electron chi connectivity index (χ3n) is 2.72. The average Bonchev–Trinajstić information content (AvgIpc) is 2.77. The molecule has 2 aromatic rings. The molecule has 1 heterocycles. The van der Waals surface area contributed by atoms with E-state index in [1.165, 1.54) is 0 Å². The summed E-state index contributed by atoms with van der Waals surface area (Å²) in [6.45, 7) is 0.767. The molecule has 100 valence electrons. The van der Waals surface area contributed by atoms with Crippen LogP contribution in [0.5, 0.6) is 0 Å². The first-order chi connectivity index (χ1) is 9.06. The molecule has 0 saturated heterocycles. The van der Waals surface area contributed by atoms with Crippen LogP contribution in [-0.2, 0) is 13.5 Å². The number of benzene rings is 1. The quantitative estimate of drug-likeness (QED) is 0.831. The van der Waals surface area contributed by atoms with Gasteiger partial charge < -0.3 is 11.1 Å². The first-order valence-corrected chi connectivity index (χ1v) is 6.66. The molecule has 0 amide bonds. The maximum absolute atomic E-state index is 6.16. The molecule has 1 aromatic heterocycles. The highest BCUT2D eigenvalue weighted by Gasteiger charge is 2.04. The predicted molar refractivity (Wildman–Crippen MR) is 82.7 cm³/mol. The Kier molecular flexibility index (Phi) is 4.39. The van der Waals surface area contributed by atoms with E-state index in [2.05, 4.69) is 10.4 Å². The first kappa shape index (κ1) is 13.8. The highest BCUT2D eigenvalue weighted by molar-refractivity contribution is 7.80. The van der Waals surface area contributed by atoms with Gasteiger partial charge in [-0.15, -0.1) is 0 Å². The van der Waals surface area contributed by atoms with E-state index >= 15 is 0 Å². The maximum Gasteiger partial charge on any atom is 0.104 e. The van der Waals surface area contributed by atoms with Crippen molar-refractivity contribution in [2.24, 2.45) is 12.8 Å². The number of anilines is 1. The van der Waals surface area contributed by atoms with Gasteiger partial charge in [0.05, 0.1) is 16.4 Å². The molecule has 0 saturated carbocycles. The van der Waals surface area contributed by atoms with Crippen LogP contribution in [0.4, 0.5) is 5.69 Å². The molecular weight excluding hydrogens is 280 g/mol. The molecular formula is C13H15ClN4S. The molecule has 0 unspecified atom stereocenters. The van der Waals surface area contributed by atoms with Crippen molar-refractivity contribution < 1.29 is 0 Å². The van der Waals surface area contributed by atoms with Crippen LogP contribution in [0.15, 0.2) is 30.5 Å². The van der Waals surface area contributed by atoms with Crippen molar-refractivity contribution in [2.45, 2.75) is 6.42 Å². The Morgan fingerprint density at radius 3 is 2.84 bits per heavy atom. The summed E-state index contributed by atoms with van der Waals surface area (Å²) in [5.74, 6) is 0. The van der Waals surface area contributed by atoms with Crippen LogP contribution in [0.1, 0.15) is 11.3 Å². The van der Waals surface area contributed by atoms with Gasteiger partial charge in [0.15, 0.2) is 0 Å². The van der Waals surface area contributed by atoms with Gasteiger partial charge in [0, 0.05) is 31.8 Å². The zero-order valence-corrected chi connectivity index (χ0v) is 12.1. The minimum atomic E-state index is 0.349. The number of nitrogens with zero attached hydrogens (tertiary/aromatic N) is 2. The van der Waals surface area contributed by atoms with Crippen molar-refractivity contribution in [1.82, 2.24) is 9.78 Å². The van der Waals surface area contributed by atoms with Gasteiger partial charge in [0.2, 0.25) is 0 Å². The molecule has 3 N–H and O–H groups in total. The first-order valence-electron chi connectivity index (χ1n) is 5.88.